The lowest BCUT2D eigenvalue weighted by Gasteiger charge is -2.08. The van der Waals surface area contributed by atoms with Crippen molar-refractivity contribution in [3.63, 3.8) is 0 Å². The predicted molar refractivity (Wildman–Crippen MR) is 58.5 cm³/mol. The van der Waals surface area contributed by atoms with E-state index in [1.807, 2.05) is 6.92 Å². The van der Waals surface area contributed by atoms with Crippen molar-refractivity contribution in [3.8, 4) is 0 Å². The highest BCUT2D eigenvalue weighted by atomic mass is 16.5. The normalized spacial score (nSPS) is 11.7. The Kier molecular flexibility index (Phi) is 7.16. The van der Waals surface area contributed by atoms with Gasteiger partial charge in [-0.15, -0.1) is 0 Å². The zero-order chi connectivity index (χ0) is 12.6. The summed E-state index contributed by atoms with van der Waals surface area (Å²) in [6.45, 7) is 5.20. The maximum absolute atomic E-state index is 11.2. The summed E-state index contributed by atoms with van der Waals surface area (Å²) in [4.78, 5) is 32.7. The van der Waals surface area contributed by atoms with E-state index in [0.29, 0.717) is 6.42 Å². The van der Waals surface area contributed by atoms with Crippen LogP contribution in [0.5, 0.6) is 0 Å². The number of esters is 1. The molecule has 0 aromatic rings. The molecule has 5 nitrogen and oxygen atoms in total. The van der Waals surface area contributed by atoms with Crippen LogP contribution in [0.2, 0.25) is 0 Å². The number of carbonyl (C=O) groups is 3. The second-order valence-electron chi connectivity index (χ2n) is 3.68. The molecule has 0 aromatic heterocycles. The molecule has 0 heterocycles. The monoisotopic (exact) mass is 229 g/mol. The van der Waals surface area contributed by atoms with Gasteiger partial charge in [-0.25, -0.2) is 0 Å². The number of rotatable bonds is 6. The molecular formula is C11H19NO4. The van der Waals surface area contributed by atoms with Gasteiger partial charge < -0.3 is 4.74 Å². The fraction of sp³-hybridized carbons (Fsp3) is 0.727. The molecule has 0 aliphatic heterocycles. The zero-order valence-corrected chi connectivity index (χ0v) is 10.0. The summed E-state index contributed by atoms with van der Waals surface area (Å²) in [5.74, 6) is -1.06. The van der Waals surface area contributed by atoms with E-state index in [9.17, 15) is 14.4 Å². The highest BCUT2D eigenvalue weighted by Crippen LogP contribution is 2.03. The van der Waals surface area contributed by atoms with E-state index in [0.717, 1.165) is 6.42 Å². The summed E-state index contributed by atoms with van der Waals surface area (Å²) in [6, 6.07) is 0. The van der Waals surface area contributed by atoms with Crippen LogP contribution in [0.25, 0.3) is 0 Å². The Morgan fingerprint density at radius 2 is 1.94 bits per heavy atom. The SMILES string of the molecule is CCC(C)C(=O)OCCCC(=O)NC(C)=O. The maximum atomic E-state index is 11.2. The maximum Gasteiger partial charge on any atom is 0.308 e. The molecule has 0 aromatic carbocycles. The Bertz CT molecular complexity index is 263. The Morgan fingerprint density at radius 1 is 1.31 bits per heavy atom. The lowest BCUT2D eigenvalue weighted by molar-refractivity contribution is -0.148. The number of hydrogen-bond donors (Lipinski definition) is 1. The van der Waals surface area contributed by atoms with E-state index in [4.69, 9.17) is 4.74 Å². The van der Waals surface area contributed by atoms with Gasteiger partial charge in [-0.05, 0) is 12.8 Å². The van der Waals surface area contributed by atoms with E-state index in [1.165, 1.54) is 6.92 Å². The van der Waals surface area contributed by atoms with E-state index in [1.54, 1.807) is 6.92 Å². The summed E-state index contributed by atoms with van der Waals surface area (Å²) >= 11 is 0. The van der Waals surface area contributed by atoms with E-state index in [-0.39, 0.29) is 36.7 Å². The molecule has 92 valence electrons. The van der Waals surface area contributed by atoms with Gasteiger partial charge in [0.15, 0.2) is 0 Å². The van der Waals surface area contributed by atoms with Crippen molar-refractivity contribution in [2.75, 3.05) is 6.61 Å². The Morgan fingerprint density at radius 3 is 2.44 bits per heavy atom. The van der Waals surface area contributed by atoms with Gasteiger partial charge in [0.05, 0.1) is 12.5 Å². The van der Waals surface area contributed by atoms with Gasteiger partial charge in [0.1, 0.15) is 0 Å². The molecule has 1 atom stereocenters. The molecule has 0 spiro atoms. The fourth-order valence-electron chi connectivity index (χ4n) is 0.973. The van der Waals surface area contributed by atoms with Crippen molar-refractivity contribution in [3.05, 3.63) is 0 Å². The molecule has 2 amide bonds. The van der Waals surface area contributed by atoms with Crippen molar-refractivity contribution in [2.45, 2.75) is 40.0 Å². The smallest absolute Gasteiger partial charge is 0.308 e. The van der Waals surface area contributed by atoms with Crippen LogP contribution < -0.4 is 5.32 Å². The standard InChI is InChI=1S/C11H19NO4/c1-4-8(2)11(15)16-7-5-6-10(14)12-9(3)13/h8H,4-7H2,1-3H3,(H,12,13,14). The molecule has 1 unspecified atom stereocenters. The predicted octanol–water partition coefficient (Wildman–Crippen LogP) is 1.02. The first-order valence-electron chi connectivity index (χ1n) is 5.44. The number of ether oxygens (including phenoxy) is 1. The number of nitrogens with one attached hydrogen (secondary N) is 1. The topological polar surface area (TPSA) is 72.5 Å². The number of carbonyl (C=O) groups excluding carboxylic acids is 3. The van der Waals surface area contributed by atoms with E-state index < -0.39 is 0 Å². The number of imide groups is 1. The summed E-state index contributed by atoms with van der Waals surface area (Å²) < 4.78 is 4.95. The largest absolute Gasteiger partial charge is 0.465 e. The van der Waals surface area contributed by atoms with Crippen molar-refractivity contribution in [1.82, 2.24) is 5.32 Å². The first-order chi connectivity index (χ1) is 7.47. The molecule has 0 bridgehead atoms. The molecule has 0 saturated heterocycles. The highest BCUT2D eigenvalue weighted by Gasteiger charge is 2.11. The molecule has 0 radical (unpaired) electrons. The minimum absolute atomic E-state index is 0.106. The average molecular weight is 229 g/mol. The summed E-state index contributed by atoms with van der Waals surface area (Å²) in [6.07, 6.45) is 1.36. The highest BCUT2D eigenvalue weighted by molar-refractivity contribution is 5.93. The number of amides is 2. The van der Waals surface area contributed by atoms with Crippen LogP contribution in [-0.2, 0) is 19.1 Å². The van der Waals surface area contributed by atoms with Crippen LogP contribution in [0.3, 0.4) is 0 Å². The summed E-state index contributed by atoms with van der Waals surface area (Å²) in [5, 5.41) is 2.15. The third-order valence-electron chi connectivity index (χ3n) is 2.12. The molecule has 0 saturated carbocycles. The van der Waals surface area contributed by atoms with Crippen molar-refractivity contribution in [1.29, 1.82) is 0 Å². The molecule has 0 rings (SSSR count). The quantitative estimate of drug-likeness (QED) is 0.545. The Balaban J connectivity index is 3.57. The van der Waals surface area contributed by atoms with Gasteiger partial charge in [0.2, 0.25) is 11.8 Å². The fourth-order valence-corrected chi connectivity index (χ4v) is 0.973. The van der Waals surface area contributed by atoms with Gasteiger partial charge in [0.25, 0.3) is 0 Å². The lowest BCUT2D eigenvalue weighted by atomic mass is 10.1. The van der Waals surface area contributed by atoms with Crippen LogP contribution >= 0.6 is 0 Å². The molecule has 0 aliphatic carbocycles. The molecule has 1 N–H and O–H groups in total. The summed E-state index contributed by atoms with van der Waals surface area (Å²) in [5.41, 5.74) is 0. The molecule has 0 aliphatic rings. The van der Waals surface area contributed by atoms with Gasteiger partial charge in [-0.2, -0.15) is 0 Å². The lowest BCUT2D eigenvalue weighted by Crippen LogP contribution is -2.28. The second kappa shape index (κ2) is 7.84. The van der Waals surface area contributed by atoms with Crippen molar-refractivity contribution < 1.29 is 19.1 Å². The van der Waals surface area contributed by atoms with Crippen LogP contribution in [0.15, 0.2) is 0 Å². The third-order valence-corrected chi connectivity index (χ3v) is 2.12. The van der Waals surface area contributed by atoms with Gasteiger partial charge >= 0.3 is 5.97 Å². The third kappa shape index (κ3) is 6.98. The van der Waals surface area contributed by atoms with Crippen LogP contribution in [0, 0.1) is 5.92 Å². The summed E-state index contributed by atoms with van der Waals surface area (Å²) in [7, 11) is 0. The Labute approximate surface area is 95.5 Å². The van der Waals surface area contributed by atoms with Crippen LogP contribution in [0.1, 0.15) is 40.0 Å². The first-order valence-corrected chi connectivity index (χ1v) is 5.44. The minimum atomic E-state index is -0.374. The second-order valence-corrected chi connectivity index (χ2v) is 3.68. The molecule has 16 heavy (non-hydrogen) atoms. The van der Waals surface area contributed by atoms with Crippen LogP contribution in [0.4, 0.5) is 0 Å². The van der Waals surface area contributed by atoms with E-state index >= 15 is 0 Å². The molecule has 5 heteroatoms. The molecule has 0 fully saturated rings. The number of hydrogen-bond acceptors (Lipinski definition) is 4. The first kappa shape index (κ1) is 14.6. The zero-order valence-electron chi connectivity index (χ0n) is 10.0. The van der Waals surface area contributed by atoms with Crippen molar-refractivity contribution in [2.24, 2.45) is 5.92 Å². The average Bonchev–Trinajstić information content (AvgIpc) is 2.21. The van der Waals surface area contributed by atoms with Crippen molar-refractivity contribution >= 4 is 17.8 Å². The van der Waals surface area contributed by atoms with Crippen LogP contribution in [-0.4, -0.2) is 24.4 Å². The van der Waals surface area contributed by atoms with Gasteiger partial charge in [-0.3, -0.25) is 19.7 Å². The van der Waals surface area contributed by atoms with Gasteiger partial charge in [-0.1, -0.05) is 13.8 Å². The molecular weight excluding hydrogens is 210 g/mol. The van der Waals surface area contributed by atoms with E-state index in [2.05, 4.69) is 5.32 Å². The Hall–Kier alpha value is -1.39. The van der Waals surface area contributed by atoms with Gasteiger partial charge in [0, 0.05) is 13.3 Å². The minimum Gasteiger partial charge on any atom is -0.465 e.